The number of nitrogens with zero attached hydrogens (tertiary/aromatic N) is 2. The molecule has 0 aliphatic heterocycles. The Bertz CT molecular complexity index is 505. The lowest BCUT2D eigenvalue weighted by Crippen LogP contribution is -2.24. The molecule has 0 atom stereocenters. The van der Waals surface area contributed by atoms with E-state index in [0.29, 0.717) is 18.2 Å². The van der Waals surface area contributed by atoms with Gasteiger partial charge in [0.2, 0.25) is 0 Å². The largest absolute Gasteiger partial charge is 0.376 e. The maximum atomic E-state index is 10.9. The van der Waals surface area contributed by atoms with E-state index in [9.17, 15) is 20.2 Å². The highest BCUT2D eigenvalue weighted by molar-refractivity contribution is 5.48. The summed E-state index contributed by atoms with van der Waals surface area (Å²) in [6.45, 7) is 5.42. The SMILES string of the molecule is CC(C)NCCCOCc1ccc([N+](=O)[O-])cc1[N+](=O)[O-]. The van der Waals surface area contributed by atoms with E-state index in [4.69, 9.17) is 4.74 Å². The molecule has 1 rings (SSSR count). The number of nitro groups is 2. The summed E-state index contributed by atoms with van der Waals surface area (Å²) in [4.78, 5) is 20.3. The third-order valence-electron chi connectivity index (χ3n) is 2.75. The van der Waals surface area contributed by atoms with Crippen LogP contribution in [0.15, 0.2) is 18.2 Å². The van der Waals surface area contributed by atoms with E-state index >= 15 is 0 Å². The fourth-order valence-corrected chi connectivity index (χ4v) is 1.70. The molecule has 0 aromatic heterocycles. The van der Waals surface area contributed by atoms with Gasteiger partial charge in [0, 0.05) is 18.7 Å². The zero-order chi connectivity index (χ0) is 15.8. The number of non-ortho nitro benzene ring substituents is 1. The van der Waals surface area contributed by atoms with E-state index in [1.807, 2.05) is 13.8 Å². The summed E-state index contributed by atoms with van der Waals surface area (Å²) in [6, 6.07) is 3.97. The number of hydrogen-bond donors (Lipinski definition) is 1. The highest BCUT2D eigenvalue weighted by Crippen LogP contribution is 2.25. The molecule has 21 heavy (non-hydrogen) atoms. The van der Waals surface area contributed by atoms with Gasteiger partial charge in [-0.1, -0.05) is 13.8 Å². The first-order chi connectivity index (χ1) is 9.91. The van der Waals surface area contributed by atoms with Crippen LogP contribution in [0, 0.1) is 20.2 Å². The summed E-state index contributed by atoms with van der Waals surface area (Å²) in [5.41, 5.74) is -0.251. The summed E-state index contributed by atoms with van der Waals surface area (Å²) in [7, 11) is 0. The van der Waals surface area contributed by atoms with E-state index < -0.39 is 9.85 Å². The van der Waals surface area contributed by atoms with Gasteiger partial charge in [-0.05, 0) is 19.0 Å². The van der Waals surface area contributed by atoms with Crippen LogP contribution in [0.4, 0.5) is 11.4 Å². The van der Waals surface area contributed by atoms with E-state index in [2.05, 4.69) is 5.32 Å². The van der Waals surface area contributed by atoms with Gasteiger partial charge in [0.25, 0.3) is 11.4 Å². The van der Waals surface area contributed by atoms with Crippen molar-refractivity contribution in [1.29, 1.82) is 0 Å². The molecule has 0 aliphatic rings. The lowest BCUT2D eigenvalue weighted by molar-refractivity contribution is -0.394. The van der Waals surface area contributed by atoms with Crippen molar-refractivity contribution in [2.75, 3.05) is 13.2 Å². The number of nitro benzene ring substituents is 2. The van der Waals surface area contributed by atoms with E-state index in [-0.39, 0.29) is 18.0 Å². The lowest BCUT2D eigenvalue weighted by Gasteiger charge is -2.08. The van der Waals surface area contributed by atoms with Crippen molar-refractivity contribution >= 4 is 11.4 Å². The van der Waals surface area contributed by atoms with Gasteiger partial charge in [0.15, 0.2) is 0 Å². The minimum atomic E-state index is -0.658. The van der Waals surface area contributed by atoms with E-state index in [0.717, 1.165) is 19.0 Å². The van der Waals surface area contributed by atoms with Crippen molar-refractivity contribution < 1.29 is 14.6 Å². The van der Waals surface area contributed by atoms with E-state index in [1.165, 1.54) is 12.1 Å². The zero-order valence-electron chi connectivity index (χ0n) is 12.1. The molecule has 0 unspecified atom stereocenters. The molecular weight excluding hydrogens is 278 g/mol. The first kappa shape index (κ1) is 17.0. The second-order valence-corrected chi connectivity index (χ2v) is 4.84. The third-order valence-corrected chi connectivity index (χ3v) is 2.75. The van der Waals surface area contributed by atoms with Crippen LogP contribution in [0.25, 0.3) is 0 Å². The summed E-state index contributed by atoms with van der Waals surface area (Å²) >= 11 is 0. The Balaban J connectivity index is 2.54. The smallest absolute Gasteiger partial charge is 0.281 e. The Kier molecular flexibility index (Phi) is 6.70. The number of nitrogens with one attached hydrogen (secondary N) is 1. The van der Waals surface area contributed by atoms with Crippen LogP contribution in [0.1, 0.15) is 25.8 Å². The van der Waals surface area contributed by atoms with Crippen LogP contribution in [-0.2, 0) is 11.3 Å². The van der Waals surface area contributed by atoms with Gasteiger partial charge >= 0.3 is 0 Å². The lowest BCUT2D eigenvalue weighted by atomic mass is 10.1. The molecule has 0 aliphatic carbocycles. The molecule has 0 amide bonds. The Morgan fingerprint density at radius 3 is 2.52 bits per heavy atom. The molecule has 0 fully saturated rings. The maximum Gasteiger partial charge on any atom is 0.281 e. The van der Waals surface area contributed by atoms with Gasteiger partial charge in [-0.25, -0.2) is 0 Å². The Labute approximate surface area is 122 Å². The van der Waals surface area contributed by atoms with Crippen LogP contribution in [0.3, 0.4) is 0 Å². The molecule has 1 aromatic rings. The maximum absolute atomic E-state index is 10.9. The first-order valence-electron chi connectivity index (χ1n) is 6.64. The highest BCUT2D eigenvalue weighted by Gasteiger charge is 2.19. The zero-order valence-corrected chi connectivity index (χ0v) is 12.1. The van der Waals surface area contributed by atoms with Crippen molar-refractivity contribution in [3.8, 4) is 0 Å². The predicted octanol–water partition coefficient (Wildman–Crippen LogP) is 2.41. The first-order valence-corrected chi connectivity index (χ1v) is 6.64. The number of rotatable bonds is 9. The molecule has 116 valence electrons. The molecule has 0 saturated carbocycles. The molecule has 8 heteroatoms. The van der Waals surface area contributed by atoms with Crippen molar-refractivity contribution in [3.63, 3.8) is 0 Å². The van der Waals surface area contributed by atoms with Crippen LogP contribution in [0.2, 0.25) is 0 Å². The molecular formula is C13H19N3O5. The number of benzene rings is 1. The minimum Gasteiger partial charge on any atom is -0.376 e. The summed E-state index contributed by atoms with van der Waals surface area (Å²) in [5, 5.41) is 24.8. The van der Waals surface area contributed by atoms with Gasteiger partial charge in [0.05, 0.1) is 28.1 Å². The van der Waals surface area contributed by atoms with Crippen LogP contribution >= 0.6 is 0 Å². The molecule has 0 bridgehead atoms. The van der Waals surface area contributed by atoms with Gasteiger partial charge < -0.3 is 10.1 Å². The Morgan fingerprint density at radius 2 is 1.95 bits per heavy atom. The number of ether oxygens (including phenoxy) is 1. The number of hydrogen-bond acceptors (Lipinski definition) is 6. The second kappa shape index (κ2) is 8.28. The van der Waals surface area contributed by atoms with Gasteiger partial charge in [-0.2, -0.15) is 0 Å². The predicted molar refractivity (Wildman–Crippen MR) is 77.2 cm³/mol. The summed E-state index contributed by atoms with van der Waals surface area (Å²) < 4.78 is 5.38. The molecule has 8 nitrogen and oxygen atoms in total. The average Bonchev–Trinajstić information content (AvgIpc) is 2.42. The van der Waals surface area contributed by atoms with Crippen molar-refractivity contribution in [2.24, 2.45) is 0 Å². The monoisotopic (exact) mass is 297 g/mol. The molecule has 1 N–H and O–H groups in total. The van der Waals surface area contributed by atoms with Crippen LogP contribution in [0.5, 0.6) is 0 Å². The third kappa shape index (κ3) is 5.84. The van der Waals surface area contributed by atoms with Crippen LogP contribution in [-0.4, -0.2) is 29.0 Å². The fraction of sp³-hybridized carbons (Fsp3) is 0.538. The second-order valence-electron chi connectivity index (χ2n) is 4.84. The fourth-order valence-electron chi connectivity index (χ4n) is 1.70. The van der Waals surface area contributed by atoms with Gasteiger partial charge in [-0.15, -0.1) is 0 Å². The molecule has 0 spiro atoms. The van der Waals surface area contributed by atoms with Gasteiger partial charge in [-0.3, -0.25) is 20.2 Å². The highest BCUT2D eigenvalue weighted by atomic mass is 16.6. The standard InChI is InChI=1S/C13H19N3O5/c1-10(2)14-6-3-7-21-9-11-4-5-12(15(17)18)8-13(11)16(19)20/h4-5,8,10,14H,3,6-7,9H2,1-2H3. The van der Waals surface area contributed by atoms with Crippen LogP contribution < -0.4 is 5.32 Å². The van der Waals surface area contributed by atoms with Crippen molar-refractivity contribution in [1.82, 2.24) is 5.32 Å². The molecule has 0 radical (unpaired) electrons. The normalized spacial score (nSPS) is 10.8. The Hall–Kier alpha value is -2.06. The molecule has 0 saturated heterocycles. The van der Waals surface area contributed by atoms with Crippen molar-refractivity contribution in [3.05, 3.63) is 44.0 Å². The summed E-state index contributed by atoms with van der Waals surface area (Å²) in [6.07, 6.45) is 0.791. The molecule has 1 aromatic carbocycles. The molecule has 0 heterocycles. The Morgan fingerprint density at radius 1 is 1.24 bits per heavy atom. The average molecular weight is 297 g/mol. The van der Waals surface area contributed by atoms with E-state index in [1.54, 1.807) is 0 Å². The quantitative estimate of drug-likeness (QED) is 0.426. The topological polar surface area (TPSA) is 108 Å². The van der Waals surface area contributed by atoms with Crippen molar-refractivity contribution in [2.45, 2.75) is 32.9 Å². The van der Waals surface area contributed by atoms with Gasteiger partial charge in [0.1, 0.15) is 0 Å². The minimum absolute atomic E-state index is 0.0655. The summed E-state index contributed by atoms with van der Waals surface area (Å²) in [5.74, 6) is 0.